The third-order valence-electron chi connectivity index (χ3n) is 3.42. The first kappa shape index (κ1) is 13.4. The van der Waals surface area contributed by atoms with Gasteiger partial charge in [0.1, 0.15) is 5.75 Å². The van der Waals surface area contributed by atoms with Crippen LogP contribution in [0.1, 0.15) is 18.7 Å². The van der Waals surface area contributed by atoms with E-state index in [0.717, 1.165) is 11.4 Å². The largest absolute Gasteiger partial charge is 0.477 e. The Morgan fingerprint density at radius 2 is 2.14 bits per heavy atom. The first-order chi connectivity index (χ1) is 10.2. The number of hydrogen-bond acceptors (Lipinski definition) is 4. The summed E-state index contributed by atoms with van der Waals surface area (Å²) in [5, 5.41) is 6.14. The minimum absolute atomic E-state index is 0.143. The second kappa shape index (κ2) is 5.83. The summed E-state index contributed by atoms with van der Waals surface area (Å²) in [6.07, 6.45) is 1.18. The number of nitrogens with zero attached hydrogens (tertiary/aromatic N) is 1. The number of ether oxygens (including phenoxy) is 1. The molecule has 1 aromatic carbocycles. The summed E-state index contributed by atoms with van der Waals surface area (Å²) in [6.45, 7) is 2.36. The van der Waals surface area contributed by atoms with Gasteiger partial charge in [-0.25, -0.2) is 0 Å². The van der Waals surface area contributed by atoms with E-state index in [4.69, 9.17) is 4.74 Å². The average Bonchev–Trinajstić information content (AvgIpc) is 2.55. The van der Waals surface area contributed by atoms with Gasteiger partial charge in [0.15, 0.2) is 6.10 Å². The van der Waals surface area contributed by atoms with Gasteiger partial charge < -0.3 is 15.4 Å². The van der Waals surface area contributed by atoms with Crippen LogP contribution < -0.4 is 15.4 Å². The second-order valence-electron chi connectivity index (χ2n) is 4.97. The van der Waals surface area contributed by atoms with E-state index in [9.17, 15) is 4.79 Å². The van der Waals surface area contributed by atoms with E-state index in [1.54, 1.807) is 6.20 Å². The summed E-state index contributed by atoms with van der Waals surface area (Å²) >= 11 is 0. The molecule has 2 N–H and O–H groups in total. The molecular formula is C16H17N3O2. The molecule has 0 spiro atoms. The molecule has 0 fully saturated rings. The fourth-order valence-corrected chi connectivity index (χ4v) is 2.27. The van der Waals surface area contributed by atoms with Gasteiger partial charge in [-0.1, -0.05) is 18.2 Å². The van der Waals surface area contributed by atoms with Crippen molar-refractivity contribution >= 4 is 11.6 Å². The molecule has 0 saturated carbocycles. The molecular weight excluding hydrogens is 266 g/mol. The van der Waals surface area contributed by atoms with Crippen LogP contribution in [0.15, 0.2) is 48.7 Å². The van der Waals surface area contributed by atoms with Crippen molar-refractivity contribution in [3.05, 3.63) is 54.4 Å². The first-order valence-electron chi connectivity index (χ1n) is 6.95. The van der Waals surface area contributed by atoms with Crippen LogP contribution in [0.5, 0.6) is 5.75 Å². The van der Waals surface area contributed by atoms with E-state index in [0.29, 0.717) is 12.3 Å². The highest BCUT2D eigenvalue weighted by Crippen LogP contribution is 2.28. The van der Waals surface area contributed by atoms with E-state index < -0.39 is 6.10 Å². The molecule has 2 aromatic rings. The molecule has 5 heteroatoms. The number of anilines is 1. The fourth-order valence-electron chi connectivity index (χ4n) is 2.27. The Labute approximate surface area is 123 Å². The number of benzene rings is 1. The second-order valence-corrected chi connectivity index (χ2v) is 4.97. The van der Waals surface area contributed by atoms with Crippen LogP contribution in [0, 0.1) is 0 Å². The summed E-state index contributed by atoms with van der Waals surface area (Å²) in [4.78, 5) is 16.5. The van der Waals surface area contributed by atoms with E-state index >= 15 is 0 Å². The average molecular weight is 283 g/mol. The third-order valence-corrected chi connectivity index (χ3v) is 3.42. The summed E-state index contributed by atoms with van der Waals surface area (Å²) in [7, 11) is 0. The highest BCUT2D eigenvalue weighted by Gasteiger charge is 2.26. The van der Waals surface area contributed by atoms with Gasteiger partial charge in [-0.3, -0.25) is 9.78 Å². The zero-order chi connectivity index (χ0) is 14.7. The number of hydrogen-bond donors (Lipinski definition) is 2. The lowest BCUT2D eigenvalue weighted by Gasteiger charge is -2.27. The van der Waals surface area contributed by atoms with Crippen LogP contribution in [0.2, 0.25) is 0 Å². The highest BCUT2D eigenvalue weighted by atomic mass is 16.5. The van der Waals surface area contributed by atoms with Gasteiger partial charge in [0, 0.05) is 6.20 Å². The predicted molar refractivity (Wildman–Crippen MR) is 80.1 cm³/mol. The number of nitrogens with one attached hydrogen (secondary N) is 2. The molecule has 0 radical (unpaired) electrons. The van der Waals surface area contributed by atoms with Crippen LogP contribution in [0.3, 0.4) is 0 Å². The fraction of sp³-hybridized carbons (Fsp3) is 0.250. The number of aromatic nitrogens is 1. The smallest absolute Gasteiger partial charge is 0.263 e. The summed E-state index contributed by atoms with van der Waals surface area (Å²) in [5.74, 6) is 0.560. The van der Waals surface area contributed by atoms with Crippen molar-refractivity contribution in [2.45, 2.75) is 19.1 Å². The number of carbonyl (C=O) groups excluding carboxylic acids is 1. The molecule has 1 aromatic heterocycles. The number of amides is 1. The lowest BCUT2D eigenvalue weighted by atomic mass is 10.2. The Bertz CT molecular complexity index is 630. The van der Waals surface area contributed by atoms with Crippen molar-refractivity contribution in [2.24, 2.45) is 0 Å². The standard InChI is InChI=1S/C16H17N3O2/c1-11(12-6-4-5-9-17-12)19-16(20)15-10-18-13-7-2-3-8-14(13)21-15/h2-9,11,15,18H,10H2,1H3,(H,19,20)/t11-,15?/m0/s1. The maximum Gasteiger partial charge on any atom is 0.263 e. The normalized spacial score (nSPS) is 17.9. The van der Waals surface area contributed by atoms with Crippen molar-refractivity contribution in [2.75, 3.05) is 11.9 Å². The maximum atomic E-state index is 12.3. The monoisotopic (exact) mass is 283 g/mol. The van der Waals surface area contributed by atoms with Gasteiger partial charge in [-0.15, -0.1) is 0 Å². The quantitative estimate of drug-likeness (QED) is 0.906. The minimum atomic E-state index is -0.536. The number of para-hydroxylation sites is 2. The Hall–Kier alpha value is -2.56. The molecule has 0 aliphatic carbocycles. The lowest BCUT2D eigenvalue weighted by molar-refractivity contribution is -0.128. The van der Waals surface area contributed by atoms with E-state index in [2.05, 4.69) is 15.6 Å². The zero-order valence-corrected chi connectivity index (χ0v) is 11.7. The van der Waals surface area contributed by atoms with Gasteiger partial charge in [0.05, 0.1) is 24.0 Å². The molecule has 2 heterocycles. The molecule has 108 valence electrons. The summed E-state index contributed by atoms with van der Waals surface area (Å²) in [5.41, 5.74) is 1.74. The molecule has 1 amide bonds. The Morgan fingerprint density at radius 1 is 1.33 bits per heavy atom. The van der Waals surface area contributed by atoms with E-state index in [1.165, 1.54) is 0 Å². The third kappa shape index (κ3) is 2.97. The van der Waals surface area contributed by atoms with Gasteiger partial charge in [0.25, 0.3) is 5.91 Å². The molecule has 0 bridgehead atoms. The molecule has 5 nitrogen and oxygen atoms in total. The van der Waals surface area contributed by atoms with Gasteiger partial charge in [0.2, 0.25) is 0 Å². The van der Waals surface area contributed by atoms with Gasteiger partial charge in [-0.05, 0) is 31.2 Å². The molecule has 1 aliphatic heterocycles. The van der Waals surface area contributed by atoms with Crippen molar-refractivity contribution in [1.29, 1.82) is 0 Å². The number of pyridine rings is 1. The van der Waals surface area contributed by atoms with Crippen molar-refractivity contribution in [1.82, 2.24) is 10.3 Å². The Balaban J connectivity index is 1.65. The van der Waals surface area contributed by atoms with Crippen molar-refractivity contribution in [3.63, 3.8) is 0 Å². The SMILES string of the molecule is C[C@H](NC(=O)C1CNc2ccccc2O1)c1ccccn1. The maximum absolute atomic E-state index is 12.3. The van der Waals surface area contributed by atoms with Crippen molar-refractivity contribution in [3.8, 4) is 5.75 Å². The molecule has 0 saturated heterocycles. The van der Waals surface area contributed by atoms with Crippen LogP contribution in [0.4, 0.5) is 5.69 Å². The van der Waals surface area contributed by atoms with Crippen LogP contribution in [-0.4, -0.2) is 23.5 Å². The topological polar surface area (TPSA) is 63.2 Å². The van der Waals surface area contributed by atoms with Crippen molar-refractivity contribution < 1.29 is 9.53 Å². The minimum Gasteiger partial charge on any atom is -0.477 e. The number of fused-ring (bicyclic) bond motifs is 1. The van der Waals surface area contributed by atoms with Crippen LogP contribution >= 0.6 is 0 Å². The highest BCUT2D eigenvalue weighted by molar-refractivity contribution is 5.83. The molecule has 2 atom stereocenters. The predicted octanol–water partition coefficient (Wildman–Crippen LogP) is 2.13. The van der Waals surface area contributed by atoms with Crippen LogP contribution in [-0.2, 0) is 4.79 Å². The molecule has 3 rings (SSSR count). The molecule has 1 unspecified atom stereocenters. The summed E-state index contributed by atoms with van der Waals surface area (Å²) in [6, 6.07) is 13.1. The first-order valence-corrected chi connectivity index (χ1v) is 6.95. The van der Waals surface area contributed by atoms with Crippen LogP contribution in [0.25, 0.3) is 0 Å². The Morgan fingerprint density at radius 3 is 2.95 bits per heavy atom. The van der Waals surface area contributed by atoms with Gasteiger partial charge in [-0.2, -0.15) is 0 Å². The number of rotatable bonds is 3. The zero-order valence-electron chi connectivity index (χ0n) is 11.7. The lowest BCUT2D eigenvalue weighted by Crippen LogP contribution is -2.45. The Kier molecular flexibility index (Phi) is 3.73. The molecule has 21 heavy (non-hydrogen) atoms. The molecule has 1 aliphatic rings. The summed E-state index contributed by atoms with van der Waals surface area (Å²) < 4.78 is 5.74. The number of carbonyl (C=O) groups is 1. The van der Waals surface area contributed by atoms with Gasteiger partial charge >= 0.3 is 0 Å². The van der Waals surface area contributed by atoms with E-state index in [1.807, 2.05) is 49.4 Å². The van der Waals surface area contributed by atoms with E-state index in [-0.39, 0.29) is 11.9 Å².